The van der Waals surface area contributed by atoms with Crippen LogP contribution in [0.15, 0.2) is 40.2 Å². The zero-order valence-electron chi connectivity index (χ0n) is 11.1. The lowest BCUT2D eigenvalue weighted by molar-refractivity contribution is -0.116. The SMILES string of the molecule is CN(CC(=O)Nc1ccc(Cl)cc1)C(=O)c1ccc(Br)s1. The number of nitrogens with zero attached hydrogens (tertiary/aromatic N) is 1. The first-order chi connectivity index (χ1) is 9.95. The average molecular weight is 388 g/mol. The number of halogens is 2. The van der Waals surface area contributed by atoms with Gasteiger partial charge in [-0.3, -0.25) is 9.59 Å². The number of benzene rings is 1. The van der Waals surface area contributed by atoms with Crippen LogP contribution in [-0.4, -0.2) is 30.3 Å². The van der Waals surface area contributed by atoms with Gasteiger partial charge in [-0.1, -0.05) is 11.6 Å². The molecule has 1 N–H and O–H groups in total. The van der Waals surface area contributed by atoms with E-state index in [1.54, 1.807) is 43.4 Å². The van der Waals surface area contributed by atoms with Crippen molar-refractivity contribution in [3.63, 3.8) is 0 Å². The van der Waals surface area contributed by atoms with Gasteiger partial charge in [-0.2, -0.15) is 0 Å². The summed E-state index contributed by atoms with van der Waals surface area (Å²) in [7, 11) is 1.59. The van der Waals surface area contributed by atoms with Gasteiger partial charge in [0, 0.05) is 17.8 Å². The van der Waals surface area contributed by atoms with Crippen LogP contribution in [0.1, 0.15) is 9.67 Å². The number of carbonyl (C=O) groups is 2. The number of carbonyl (C=O) groups excluding carboxylic acids is 2. The summed E-state index contributed by atoms with van der Waals surface area (Å²) < 4.78 is 0.880. The summed E-state index contributed by atoms with van der Waals surface area (Å²) >= 11 is 10.4. The number of rotatable bonds is 4. The van der Waals surface area contributed by atoms with Crippen molar-refractivity contribution in [3.8, 4) is 0 Å². The molecule has 0 bridgehead atoms. The molecule has 2 aromatic rings. The van der Waals surface area contributed by atoms with Crippen LogP contribution in [0.4, 0.5) is 5.69 Å². The summed E-state index contributed by atoms with van der Waals surface area (Å²) in [5, 5.41) is 3.31. The fraction of sp³-hybridized carbons (Fsp3) is 0.143. The van der Waals surface area contributed by atoms with Crippen molar-refractivity contribution in [2.75, 3.05) is 18.9 Å². The predicted molar refractivity (Wildman–Crippen MR) is 89.1 cm³/mol. The van der Waals surface area contributed by atoms with Gasteiger partial charge in [0.2, 0.25) is 5.91 Å². The number of hydrogen-bond donors (Lipinski definition) is 1. The molecular weight excluding hydrogens is 376 g/mol. The number of hydrogen-bond acceptors (Lipinski definition) is 3. The molecule has 0 aliphatic heterocycles. The molecular formula is C14H12BrClN2O2S. The highest BCUT2D eigenvalue weighted by molar-refractivity contribution is 9.11. The minimum atomic E-state index is -0.260. The monoisotopic (exact) mass is 386 g/mol. The summed E-state index contributed by atoms with van der Waals surface area (Å²) in [6, 6.07) is 10.3. The molecule has 1 aromatic carbocycles. The summed E-state index contributed by atoms with van der Waals surface area (Å²) in [6.07, 6.45) is 0. The van der Waals surface area contributed by atoms with Crippen LogP contribution in [0, 0.1) is 0 Å². The second-order valence-electron chi connectivity index (χ2n) is 4.32. The summed E-state index contributed by atoms with van der Waals surface area (Å²) in [5.41, 5.74) is 0.643. The van der Waals surface area contributed by atoms with E-state index in [0.717, 1.165) is 3.79 Å². The van der Waals surface area contributed by atoms with E-state index in [1.807, 2.05) is 0 Å². The molecule has 0 aliphatic rings. The smallest absolute Gasteiger partial charge is 0.264 e. The lowest BCUT2D eigenvalue weighted by Gasteiger charge is -2.15. The first kappa shape index (κ1) is 16.0. The molecule has 0 radical (unpaired) electrons. The van der Waals surface area contributed by atoms with Crippen molar-refractivity contribution in [2.45, 2.75) is 0 Å². The zero-order valence-corrected chi connectivity index (χ0v) is 14.3. The Balaban J connectivity index is 1.92. The van der Waals surface area contributed by atoms with Crippen molar-refractivity contribution < 1.29 is 9.59 Å². The van der Waals surface area contributed by atoms with Crippen molar-refractivity contribution in [1.82, 2.24) is 4.90 Å². The average Bonchev–Trinajstić information content (AvgIpc) is 2.87. The molecule has 0 atom stereocenters. The lowest BCUT2D eigenvalue weighted by Crippen LogP contribution is -2.34. The second kappa shape index (κ2) is 7.06. The van der Waals surface area contributed by atoms with Gasteiger partial charge >= 0.3 is 0 Å². The maximum atomic E-state index is 12.1. The Morgan fingerprint density at radius 2 is 1.90 bits per heavy atom. The van der Waals surface area contributed by atoms with Crippen LogP contribution in [0.2, 0.25) is 5.02 Å². The van der Waals surface area contributed by atoms with Gasteiger partial charge in [0.15, 0.2) is 0 Å². The Bertz CT molecular complexity index is 657. The molecule has 2 rings (SSSR count). The predicted octanol–water partition coefficient (Wildman–Crippen LogP) is 3.87. The minimum Gasteiger partial charge on any atom is -0.332 e. The van der Waals surface area contributed by atoms with E-state index >= 15 is 0 Å². The number of likely N-dealkylation sites (N-methyl/N-ethyl adjacent to an activating group) is 1. The van der Waals surface area contributed by atoms with Gasteiger partial charge in [0.25, 0.3) is 5.91 Å². The highest BCUT2D eigenvalue weighted by atomic mass is 79.9. The number of thiophene rings is 1. The number of anilines is 1. The first-order valence-corrected chi connectivity index (χ1v) is 8.00. The zero-order chi connectivity index (χ0) is 15.4. The Kier molecular flexibility index (Phi) is 5.39. The highest BCUT2D eigenvalue weighted by Gasteiger charge is 2.16. The van der Waals surface area contributed by atoms with Crippen molar-refractivity contribution in [3.05, 3.63) is 50.1 Å². The molecule has 1 heterocycles. The van der Waals surface area contributed by atoms with E-state index < -0.39 is 0 Å². The van der Waals surface area contributed by atoms with Gasteiger partial charge < -0.3 is 10.2 Å². The molecule has 0 aliphatic carbocycles. The van der Waals surface area contributed by atoms with Crippen molar-refractivity contribution in [2.24, 2.45) is 0 Å². The third-order valence-electron chi connectivity index (χ3n) is 2.64. The third-order valence-corrected chi connectivity index (χ3v) is 4.50. The molecule has 0 unspecified atom stereocenters. The van der Waals surface area contributed by atoms with Gasteiger partial charge in [-0.25, -0.2) is 0 Å². The molecule has 4 nitrogen and oxygen atoms in total. The van der Waals surface area contributed by atoms with Gasteiger partial charge in [-0.15, -0.1) is 11.3 Å². The second-order valence-corrected chi connectivity index (χ2v) is 7.22. The van der Waals surface area contributed by atoms with Crippen LogP contribution in [0.25, 0.3) is 0 Å². The van der Waals surface area contributed by atoms with Gasteiger partial charge in [-0.05, 0) is 52.3 Å². The minimum absolute atomic E-state index is 0.0169. The highest BCUT2D eigenvalue weighted by Crippen LogP contribution is 2.23. The van der Waals surface area contributed by atoms with Crippen LogP contribution in [0.5, 0.6) is 0 Å². The Labute approximate surface area is 139 Å². The van der Waals surface area contributed by atoms with Gasteiger partial charge in [0.1, 0.15) is 0 Å². The maximum absolute atomic E-state index is 12.1. The quantitative estimate of drug-likeness (QED) is 0.865. The van der Waals surface area contributed by atoms with E-state index in [0.29, 0.717) is 15.6 Å². The fourth-order valence-electron chi connectivity index (χ4n) is 1.64. The molecule has 0 saturated heterocycles. The van der Waals surface area contributed by atoms with E-state index in [4.69, 9.17) is 11.6 Å². The molecule has 1 aromatic heterocycles. The third kappa shape index (κ3) is 4.56. The summed E-state index contributed by atoms with van der Waals surface area (Å²) in [6.45, 7) is -0.0169. The molecule has 0 saturated carbocycles. The number of amides is 2. The molecule has 110 valence electrons. The van der Waals surface area contributed by atoms with E-state index in [-0.39, 0.29) is 18.4 Å². The molecule has 2 amide bonds. The van der Waals surface area contributed by atoms with Crippen LogP contribution < -0.4 is 5.32 Å². The Hall–Kier alpha value is -1.37. The van der Waals surface area contributed by atoms with E-state index in [1.165, 1.54) is 16.2 Å². The summed E-state index contributed by atoms with van der Waals surface area (Å²) in [5.74, 6) is -0.444. The first-order valence-electron chi connectivity index (χ1n) is 6.02. The topological polar surface area (TPSA) is 49.4 Å². The van der Waals surface area contributed by atoms with Crippen molar-refractivity contribution in [1.29, 1.82) is 0 Å². The number of nitrogens with one attached hydrogen (secondary N) is 1. The van der Waals surface area contributed by atoms with Crippen LogP contribution >= 0.6 is 38.9 Å². The van der Waals surface area contributed by atoms with Crippen LogP contribution in [0.3, 0.4) is 0 Å². The molecule has 0 spiro atoms. The lowest BCUT2D eigenvalue weighted by atomic mass is 10.3. The summed E-state index contributed by atoms with van der Waals surface area (Å²) in [4.78, 5) is 26.0. The largest absolute Gasteiger partial charge is 0.332 e. The van der Waals surface area contributed by atoms with Crippen molar-refractivity contribution >= 4 is 56.4 Å². The van der Waals surface area contributed by atoms with Gasteiger partial charge in [0.05, 0.1) is 15.2 Å². The molecule has 7 heteroatoms. The van der Waals surface area contributed by atoms with E-state index in [2.05, 4.69) is 21.2 Å². The molecule has 21 heavy (non-hydrogen) atoms. The Morgan fingerprint density at radius 3 is 2.48 bits per heavy atom. The maximum Gasteiger partial charge on any atom is 0.264 e. The van der Waals surface area contributed by atoms with E-state index in [9.17, 15) is 9.59 Å². The standard InChI is InChI=1S/C14H12BrClN2O2S/c1-18(14(20)11-6-7-12(15)21-11)8-13(19)17-10-4-2-9(16)3-5-10/h2-7H,8H2,1H3,(H,17,19). The molecule has 0 fully saturated rings. The fourth-order valence-corrected chi connectivity index (χ4v) is 3.15. The Morgan fingerprint density at radius 1 is 1.24 bits per heavy atom. The van der Waals surface area contributed by atoms with Crippen LogP contribution in [-0.2, 0) is 4.79 Å². The normalized spacial score (nSPS) is 10.2.